The zero-order valence-corrected chi connectivity index (χ0v) is 10.3. The summed E-state index contributed by atoms with van der Waals surface area (Å²) in [4.78, 5) is 2.41. The van der Waals surface area contributed by atoms with Crippen LogP contribution in [0.1, 0.15) is 30.9 Å². The van der Waals surface area contributed by atoms with Crippen LogP contribution < -0.4 is 0 Å². The highest BCUT2D eigenvalue weighted by atomic mass is 15.1. The largest absolute Gasteiger partial charge is 0.306 e. The third-order valence-corrected chi connectivity index (χ3v) is 2.73. The van der Waals surface area contributed by atoms with Gasteiger partial charge in [0, 0.05) is 0 Å². The molecule has 0 aliphatic carbocycles. The van der Waals surface area contributed by atoms with Crippen LogP contribution in [-0.4, -0.2) is 25.0 Å². The van der Waals surface area contributed by atoms with E-state index in [0.717, 1.165) is 0 Å². The van der Waals surface area contributed by atoms with Gasteiger partial charge in [0.2, 0.25) is 0 Å². The fraction of sp³-hybridized carbons (Fsp3) is 0.571. The normalized spacial score (nSPS) is 10.9. The van der Waals surface area contributed by atoms with Crippen LogP contribution in [0.4, 0.5) is 0 Å². The van der Waals surface area contributed by atoms with Crippen LogP contribution in [0.15, 0.2) is 24.3 Å². The number of rotatable bonds is 6. The summed E-state index contributed by atoms with van der Waals surface area (Å²) in [7, 11) is 2.21. The molecule has 0 saturated carbocycles. The zero-order chi connectivity index (χ0) is 11.1. The number of nitrogens with zero attached hydrogens (tertiary/aromatic N) is 1. The Balaban J connectivity index is 2.22. The van der Waals surface area contributed by atoms with Crippen LogP contribution in [-0.2, 0) is 6.42 Å². The topological polar surface area (TPSA) is 3.24 Å². The molecule has 0 aromatic heterocycles. The molecule has 84 valence electrons. The van der Waals surface area contributed by atoms with Crippen LogP contribution in [0, 0.1) is 6.92 Å². The SMILES string of the molecule is CCCN(C)CCCc1ccc(C)cc1. The molecule has 0 atom stereocenters. The van der Waals surface area contributed by atoms with Gasteiger partial charge in [0.1, 0.15) is 0 Å². The minimum Gasteiger partial charge on any atom is -0.306 e. The lowest BCUT2D eigenvalue weighted by Crippen LogP contribution is -2.20. The Labute approximate surface area is 94.1 Å². The molecule has 0 bridgehead atoms. The van der Waals surface area contributed by atoms with E-state index < -0.39 is 0 Å². The molecule has 0 aliphatic heterocycles. The minimum absolute atomic E-state index is 1.20. The monoisotopic (exact) mass is 205 g/mol. The average Bonchev–Trinajstić information content (AvgIpc) is 2.21. The maximum atomic E-state index is 2.41. The van der Waals surface area contributed by atoms with Crippen molar-refractivity contribution in [3.63, 3.8) is 0 Å². The number of benzene rings is 1. The minimum atomic E-state index is 1.20. The summed E-state index contributed by atoms with van der Waals surface area (Å²) in [6, 6.07) is 8.89. The van der Waals surface area contributed by atoms with E-state index in [1.807, 2.05) is 0 Å². The zero-order valence-electron chi connectivity index (χ0n) is 10.3. The van der Waals surface area contributed by atoms with Gasteiger partial charge in [-0.2, -0.15) is 0 Å². The van der Waals surface area contributed by atoms with Gasteiger partial charge in [-0.05, 0) is 51.9 Å². The van der Waals surface area contributed by atoms with E-state index in [2.05, 4.69) is 50.1 Å². The molecule has 0 fully saturated rings. The Hall–Kier alpha value is -0.820. The van der Waals surface area contributed by atoms with Crippen LogP contribution >= 0.6 is 0 Å². The number of aryl methyl sites for hydroxylation is 2. The summed E-state index contributed by atoms with van der Waals surface area (Å²) in [5, 5.41) is 0. The second-order valence-electron chi connectivity index (χ2n) is 4.39. The van der Waals surface area contributed by atoms with Gasteiger partial charge in [0.05, 0.1) is 0 Å². The molecule has 0 unspecified atom stereocenters. The summed E-state index contributed by atoms with van der Waals surface area (Å²) >= 11 is 0. The molecular formula is C14H23N. The molecule has 0 amide bonds. The second-order valence-corrected chi connectivity index (χ2v) is 4.39. The molecular weight excluding hydrogens is 182 g/mol. The summed E-state index contributed by atoms with van der Waals surface area (Å²) in [6.07, 6.45) is 3.72. The first-order valence-electron chi connectivity index (χ1n) is 5.96. The molecule has 15 heavy (non-hydrogen) atoms. The van der Waals surface area contributed by atoms with Gasteiger partial charge in [0.25, 0.3) is 0 Å². The third-order valence-electron chi connectivity index (χ3n) is 2.73. The van der Waals surface area contributed by atoms with Gasteiger partial charge in [-0.15, -0.1) is 0 Å². The van der Waals surface area contributed by atoms with Crippen molar-refractivity contribution in [2.75, 3.05) is 20.1 Å². The van der Waals surface area contributed by atoms with Crippen LogP contribution in [0.5, 0.6) is 0 Å². The summed E-state index contributed by atoms with van der Waals surface area (Å²) in [5.41, 5.74) is 2.81. The van der Waals surface area contributed by atoms with Crippen molar-refractivity contribution in [3.05, 3.63) is 35.4 Å². The maximum Gasteiger partial charge on any atom is -0.00186 e. The molecule has 1 aromatic rings. The van der Waals surface area contributed by atoms with Gasteiger partial charge < -0.3 is 4.90 Å². The average molecular weight is 205 g/mol. The Bertz CT molecular complexity index is 263. The van der Waals surface area contributed by atoms with Crippen molar-refractivity contribution in [2.24, 2.45) is 0 Å². The van der Waals surface area contributed by atoms with E-state index in [4.69, 9.17) is 0 Å². The molecule has 1 heteroatoms. The molecule has 1 nitrogen and oxygen atoms in total. The van der Waals surface area contributed by atoms with Crippen molar-refractivity contribution in [1.82, 2.24) is 4.90 Å². The summed E-state index contributed by atoms with van der Waals surface area (Å²) in [5.74, 6) is 0. The van der Waals surface area contributed by atoms with E-state index in [9.17, 15) is 0 Å². The lowest BCUT2D eigenvalue weighted by atomic mass is 10.1. The predicted octanol–water partition coefficient (Wildman–Crippen LogP) is 3.27. The molecule has 0 heterocycles. The summed E-state index contributed by atoms with van der Waals surface area (Å²) in [6.45, 7) is 6.80. The smallest absolute Gasteiger partial charge is 0.00186 e. The molecule has 0 spiro atoms. The molecule has 0 aliphatic rings. The lowest BCUT2D eigenvalue weighted by molar-refractivity contribution is 0.330. The molecule has 1 rings (SSSR count). The van der Waals surface area contributed by atoms with Gasteiger partial charge in [-0.3, -0.25) is 0 Å². The van der Waals surface area contributed by atoms with E-state index in [0.29, 0.717) is 0 Å². The van der Waals surface area contributed by atoms with Gasteiger partial charge in [-0.25, -0.2) is 0 Å². The van der Waals surface area contributed by atoms with Gasteiger partial charge in [-0.1, -0.05) is 36.8 Å². The van der Waals surface area contributed by atoms with Gasteiger partial charge >= 0.3 is 0 Å². The van der Waals surface area contributed by atoms with Gasteiger partial charge in [0.15, 0.2) is 0 Å². The Morgan fingerprint density at radius 3 is 2.33 bits per heavy atom. The van der Waals surface area contributed by atoms with E-state index >= 15 is 0 Å². The second kappa shape index (κ2) is 6.62. The van der Waals surface area contributed by atoms with Crippen molar-refractivity contribution in [1.29, 1.82) is 0 Å². The van der Waals surface area contributed by atoms with Crippen LogP contribution in [0.25, 0.3) is 0 Å². The van der Waals surface area contributed by atoms with E-state index in [1.54, 1.807) is 0 Å². The Morgan fingerprint density at radius 1 is 1.07 bits per heavy atom. The summed E-state index contributed by atoms with van der Waals surface area (Å²) < 4.78 is 0. The predicted molar refractivity (Wildman–Crippen MR) is 67.3 cm³/mol. The first kappa shape index (κ1) is 12.3. The maximum absolute atomic E-state index is 2.41. The van der Waals surface area contributed by atoms with Crippen molar-refractivity contribution in [3.8, 4) is 0 Å². The van der Waals surface area contributed by atoms with Crippen molar-refractivity contribution in [2.45, 2.75) is 33.1 Å². The Kier molecular flexibility index (Phi) is 5.41. The van der Waals surface area contributed by atoms with Crippen molar-refractivity contribution < 1.29 is 0 Å². The molecule has 0 saturated heterocycles. The highest BCUT2D eigenvalue weighted by Crippen LogP contribution is 2.06. The molecule has 1 aromatic carbocycles. The third kappa shape index (κ3) is 4.98. The first-order valence-corrected chi connectivity index (χ1v) is 5.96. The first-order chi connectivity index (χ1) is 7.22. The Morgan fingerprint density at radius 2 is 1.73 bits per heavy atom. The number of hydrogen-bond acceptors (Lipinski definition) is 1. The van der Waals surface area contributed by atoms with E-state index in [1.165, 1.54) is 43.5 Å². The fourth-order valence-electron chi connectivity index (χ4n) is 1.80. The standard InChI is InChI=1S/C14H23N/c1-4-11-15(3)12-5-6-14-9-7-13(2)8-10-14/h7-10H,4-6,11-12H2,1-3H3. The fourth-order valence-corrected chi connectivity index (χ4v) is 1.80. The van der Waals surface area contributed by atoms with Crippen LogP contribution in [0.3, 0.4) is 0 Å². The number of hydrogen-bond donors (Lipinski definition) is 0. The highest BCUT2D eigenvalue weighted by Gasteiger charge is 1.97. The molecule has 0 radical (unpaired) electrons. The lowest BCUT2D eigenvalue weighted by Gasteiger charge is -2.14. The van der Waals surface area contributed by atoms with Crippen molar-refractivity contribution >= 4 is 0 Å². The van der Waals surface area contributed by atoms with E-state index in [-0.39, 0.29) is 0 Å². The molecule has 0 N–H and O–H groups in total. The van der Waals surface area contributed by atoms with Crippen LogP contribution in [0.2, 0.25) is 0 Å². The highest BCUT2D eigenvalue weighted by molar-refractivity contribution is 5.21. The quantitative estimate of drug-likeness (QED) is 0.689.